The number of hydrogen-bond acceptors (Lipinski definition) is 6. The van der Waals surface area contributed by atoms with Crippen LogP contribution in [0, 0.1) is 5.92 Å². The molecule has 0 radical (unpaired) electrons. The predicted octanol–water partition coefficient (Wildman–Crippen LogP) is -0.205. The van der Waals surface area contributed by atoms with Crippen LogP contribution in [0.25, 0.3) is 5.65 Å². The Bertz CT molecular complexity index is 705. The van der Waals surface area contributed by atoms with E-state index < -0.39 is 12.3 Å². The zero-order valence-electron chi connectivity index (χ0n) is 11.7. The third-order valence-corrected chi connectivity index (χ3v) is 4.43. The fraction of sp³-hybridized carbons (Fsp3) is 0.538. The van der Waals surface area contributed by atoms with E-state index in [-0.39, 0.29) is 17.9 Å². The maximum absolute atomic E-state index is 14.1. The van der Waals surface area contributed by atoms with Gasteiger partial charge >= 0.3 is 0 Å². The molecule has 22 heavy (non-hydrogen) atoms. The van der Waals surface area contributed by atoms with Gasteiger partial charge in [-0.15, -0.1) is 5.10 Å². The topological polar surface area (TPSA) is 96.2 Å². The van der Waals surface area contributed by atoms with E-state index in [0.29, 0.717) is 17.6 Å². The number of pyridine rings is 1. The van der Waals surface area contributed by atoms with E-state index in [0.717, 1.165) is 12.8 Å². The second-order valence-electron chi connectivity index (χ2n) is 5.77. The van der Waals surface area contributed by atoms with E-state index in [1.807, 2.05) is 0 Å². The molecule has 4 unspecified atom stereocenters. The average molecular weight is 305 g/mol. The maximum atomic E-state index is 14.1. The van der Waals surface area contributed by atoms with Crippen LogP contribution in [0.3, 0.4) is 0 Å². The number of rotatable bonds is 2. The molecule has 0 spiro atoms. The molecule has 3 heterocycles. The third kappa shape index (κ3) is 2.22. The van der Waals surface area contributed by atoms with Gasteiger partial charge in [-0.25, -0.2) is 9.82 Å². The lowest BCUT2D eigenvalue weighted by Gasteiger charge is -2.30. The highest BCUT2D eigenvalue weighted by Crippen LogP contribution is 2.31. The highest BCUT2D eigenvalue weighted by atomic mass is 19.1. The first-order valence-corrected chi connectivity index (χ1v) is 7.36. The molecule has 4 atom stereocenters. The van der Waals surface area contributed by atoms with Crippen LogP contribution in [-0.4, -0.2) is 44.3 Å². The van der Waals surface area contributed by atoms with Gasteiger partial charge in [-0.1, -0.05) is 0 Å². The molecule has 116 valence electrons. The van der Waals surface area contributed by atoms with Gasteiger partial charge in [0.1, 0.15) is 6.17 Å². The van der Waals surface area contributed by atoms with Gasteiger partial charge in [0.2, 0.25) is 0 Å². The highest BCUT2D eigenvalue weighted by molar-refractivity contribution is 5.94. The maximum Gasteiger partial charge on any atom is 0.254 e. The monoisotopic (exact) mass is 305 g/mol. The van der Waals surface area contributed by atoms with Crippen LogP contribution in [0.2, 0.25) is 0 Å². The van der Waals surface area contributed by atoms with Crippen LogP contribution in [0.15, 0.2) is 18.3 Å². The van der Waals surface area contributed by atoms with Gasteiger partial charge in [0, 0.05) is 18.2 Å². The fourth-order valence-corrected chi connectivity index (χ4v) is 3.30. The van der Waals surface area contributed by atoms with E-state index in [2.05, 4.69) is 31.7 Å². The van der Waals surface area contributed by atoms with Crippen LogP contribution in [-0.2, 0) is 0 Å². The van der Waals surface area contributed by atoms with E-state index in [1.54, 1.807) is 18.3 Å². The number of carbonyl (C=O) groups excluding carboxylic acids is 1. The summed E-state index contributed by atoms with van der Waals surface area (Å²) in [5.41, 5.74) is 7.06. The van der Waals surface area contributed by atoms with Gasteiger partial charge in [-0.05, 0) is 41.8 Å². The number of carbonyl (C=O) groups is 1. The molecule has 1 aliphatic heterocycles. The molecule has 1 saturated heterocycles. The number of aromatic nitrogens is 4. The van der Waals surface area contributed by atoms with Gasteiger partial charge < -0.3 is 5.32 Å². The Balaban J connectivity index is 1.51. The lowest BCUT2D eigenvalue weighted by Crippen LogP contribution is -2.49. The molecule has 0 bridgehead atoms. The first-order chi connectivity index (χ1) is 10.7. The summed E-state index contributed by atoms with van der Waals surface area (Å²) < 4.78 is 15.6. The number of halogens is 1. The quantitative estimate of drug-likeness (QED) is 0.711. The number of hydrazine groups is 1. The van der Waals surface area contributed by atoms with Crippen molar-refractivity contribution in [2.45, 2.75) is 37.6 Å². The molecule has 1 aliphatic carbocycles. The number of nitrogens with one attached hydrogen (secondary N) is 3. The van der Waals surface area contributed by atoms with Gasteiger partial charge in [-0.2, -0.15) is 4.52 Å². The van der Waals surface area contributed by atoms with Crippen molar-refractivity contribution in [2.75, 3.05) is 0 Å². The highest BCUT2D eigenvalue weighted by Gasteiger charge is 2.44. The zero-order valence-corrected chi connectivity index (χ0v) is 11.7. The Morgan fingerprint density at radius 1 is 1.36 bits per heavy atom. The second-order valence-corrected chi connectivity index (χ2v) is 5.77. The Morgan fingerprint density at radius 2 is 2.27 bits per heavy atom. The summed E-state index contributed by atoms with van der Waals surface area (Å²) in [5, 5.41) is 13.9. The minimum Gasteiger partial charge on any atom is -0.335 e. The molecule has 2 fully saturated rings. The molecule has 1 saturated carbocycles. The molecule has 2 aromatic rings. The third-order valence-electron chi connectivity index (χ3n) is 4.43. The Morgan fingerprint density at radius 3 is 3.18 bits per heavy atom. The average Bonchev–Trinajstić information content (AvgIpc) is 3.14. The summed E-state index contributed by atoms with van der Waals surface area (Å²) in [7, 11) is 0. The van der Waals surface area contributed by atoms with Crippen molar-refractivity contribution in [1.29, 1.82) is 0 Å². The Hall–Kier alpha value is -2.13. The molecule has 8 nitrogen and oxygen atoms in total. The van der Waals surface area contributed by atoms with Crippen LogP contribution in [0.1, 0.15) is 29.6 Å². The second kappa shape index (κ2) is 5.25. The Kier molecular flexibility index (Phi) is 3.23. The molecule has 9 heteroatoms. The van der Waals surface area contributed by atoms with Gasteiger partial charge in [0.15, 0.2) is 5.65 Å². The molecular weight excluding hydrogens is 289 g/mol. The van der Waals surface area contributed by atoms with Crippen molar-refractivity contribution in [1.82, 2.24) is 36.2 Å². The summed E-state index contributed by atoms with van der Waals surface area (Å²) in [4.78, 5) is 12.4. The van der Waals surface area contributed by atoms with Crippen LogP contribution < -0.4 is 16.2 Å². The number of amides is 1. The van der Waals surface area contributed by atoms with E-state index in [9.17, 15) is 9.18 Å². The number of fused-ring (bicyclic) bond motifs is 2. The largest absolute Gasteiger partial charge is 0.335 e. The summed E-state index contributed by atoms with van der Waals surface area (Å²) in [5.74, 6) is -0.524. The summed E-state index contributed by atoms with van der Waals surface area (Å²) in [6.45, 7) is 0. The first-order valence-electron chi connectivity index (χ1n) is 7.36. The number of nitrogens with zero attached hydrogens (tertiary/aromatic N) is 4. The summed E-state index contributed by atoms with van der Waals surface area (Å²) in [6, 6.07) is 3.38. The van der Waals surface area contributed by atoms with Crippen LogP contribution in [0.5, 0.6) is 0 Å². The van der Waals surface area contributed by atoms with Gasteiger partial charge in [0.25, 0.3) is 5.91 Å². The van der Waals surface area contributed by atoms with E-state index in [1.165, 1.54) is 4.52 Å². The smallest absolute Gasteiger partial charge is 0.254 e. The molecule has 4 rings (SSSR count). The van der Waals surface area contributed by atoms with Crippen molar-refractivity contribution in [3.05, 3.63) is 23.9 Å². The number of tetrazole rings is 1. The zero-order chi connectivity index (χ0) is 15.1. The van der Waals surface area contributed by atoms with Crippen LogP contribution >= 0.6 is 0 Å². The van der Waals surface area contributed by atoms with Crippen molar-refractivity contribution in [3.8, 4) is 0 Å². The number of hydrogen-bond donors (Lipinski definition) is 3. The van der Waals surface area contributed by atoms with Crippen molar-refractivity contribution < 1.29 is 9.18 Å². The molecule has 2 aliphatic rings. The Labute approximate surface area is 125 Å². The SMILES string of the molecule is O=C(NC1NNC2CCCC(F)C21)c1ccc2nnnn2c1. The molecule has 3 N–H and O–H groups in total. The van der Waals surface area contributed by atoms with Crippen molar-refractivity contribution >= 4 is 11.6 Å². The van der Waals surface area contributed by atoms with E-state index in [4.69, 9.17) is 0 Å². The summed E-state index contributed by atoms with van der Waals surface area (Å²) in [6.07, 6.45) is 2.56. The number of alkyl halides is 1. The molecule has 2 aromatic heterocycles. The van der Waals surface area contributed by atoms with Gasteiger partial charge in [0.05, 0.1) is 11.7 Å². The lowest BCUT2D eigenvalue weighted by molar-refractivity contribution is 0.0872. The normalized spacial score (nSPS) is 31.1. The van der Waals surface area contributed by atoms with Gasteiger partial charge in [-0.3, -0.25) is 10.2 Å². The lowest BCUT2D eigenvalue weighted by atomic mass is 9.82. The molecule has 0 aromatic carbocycles. The predicted molar refractivity (Wildman–Crippen MR) is 74.3 cm³/mol. The fourth-order valence-electron chi connectivity index (χ4n) is 3.30. The van der Waals surface area contributed by atoms with Crippen molar-refractivity contribution in [2.24, 2.45) is 5.92 Å². The summed E-state index contributed by atoms with van der Waals surface area (Å²) >= 11 is 0. The first kappa shape index (κ1) is 13.5. The van der Waals surface area contributed by atoms with Crippen molar-refractivity contribution in [3.63, 3.8) is 0 Å². The molecule has 1 amide bonds. The minimum absolute atomic E-state index is 0.0658. The van der Waals surface area contributed by atoms with E-state index >= 15 is 0 Å². The van der Waals surface area contributed by atoms with Crippen LogP contribution in [0.4, 0.5) is 4.39 Å². The minimum atomic E-state index is -0.909. The standard InChI is InChI=1S/C13H16FN7O/c14-8-2-1-3-9-11(8)12(18-16-9)15-13(22)7-4-5-10-17-19-20-21(10)6-7/h4-6,8-9,11-12,16,18H,1-3H2,(H,15,22). The molecular formula is C13H16FN7O.